The van der Waals surface area contributed by atoms with Gasteiger partial charge in [-0.25, -0.2) is 8.42 Å². The molecule has 50 heavy (non-hydrogen) atoms. The monoisotopic (exact) mass is 709 g/mol. The minimum atomic E-state index is -4.03. The molecule has 1 aromatic heterocycles. The minimum Gasteiger partial charge on any atom is -0.489 e. The lowest BCUT2D eigenvalue weighted by atomic mass is 9.86. The van der Waals surface area contributed by atoms with Gasteiger partial charge in [0.05, 0.1) is 24.2 Å². The molecule has 12 heteroatoms. The number of fused-ring (bicyclic) bond motifs is 3. The van der Waals surface area contributed by atoms with E-state index in [0.717, 1.165) is 24.2 Å². The molecular formula is C38H49N2O9S+. The zero-order valence-electron chi connectivity index (χ0n) is 29.5. The lowest BCUT2D eigenvalue weighted by Crippen LogP contribution is -2.43. The van der Waals surface area contributed by atoms with Crippen molar-refractivity contribution in [2.75, 3.05) is 20.3 Å². The van der Waals surface area contributed by atoms with Crippen LogP contribution in [-0.4, -0.2) is 57.2 Å². The first-order valence-corrected chi connectivity index (χ1v) is 18.8. The number of benzene rings is 2. The third kappa shape index (κ3) is 9.25. The van der Waals surface area contributed by atoms with E-state index in [2.05, 4.69) is 41.3 Å². The summed E-state index contributed by atoms with van der Waals surface area (Å²) in [7, 11) is -2.79. The van der Waals surface area contributed by atoms with E-state index in [4.69, 9.17) is 23.7 Å². The number of sulfone groups is 1. The molecule has 0 bridgehead atoms. The van der Waals surface area contributed by atoms with Crippen LogP contribution in [0.3, 0.4) is 0 Å². The number of allylic oxidation sites excluding steroid dienone is 1. The van der Waals surface area contributed by atoms with Gasteiger partial charge in [0, 0.05) is 30.7 Å². The Kier molecular flexibility index (Phi) is 14.3. The quantitative estimate of drug-likeness (QED) is 0.0887. The number of carbonyl (C=O) groups excluding carboxylic acids is 1. The summed E-state index contributed by atoms with van der Waals surface area (Å²) in [4.78, 5) is 18.1. The van der Waals surface area contributed by atoms with Crippen LogP contribution in [0.2, 0.25) is 0 Å². The number of aliphatic hydroxyl groups is 1. The van der Waals surface area contributed by atoms with Crippen LogP contribution in [0.25, 0.3) is 0 Å². The maximum atomic E-state index is 13.1. The molecule has 1 N–H and O–H groups in total. The van der Waals surface area contributed by atoms with Gasteiger partial charge in [-0.3, -0.25) is 4.79 Å². The average molecular weight is 710 g/mol. The molecule has 1 aliphatic carbocycles. The summed E-state index contributed by atoms with van der Waals surface area (Å²) in [6, 6.07) is 14.0. The summed E-state index contributed by atoms with van der Waals surface area (Å²) < 4.78 is 48.6. The Morgan fingerprint density at radius 2 is 1.90 bits per heavy atom. The first-order valence-electron chi connectivity index (χ1n) is 17.3. The summed E-state index contributed by atoms with van der Waals surface area (Å²) in [6.07, 6.45) is 8.17. The highest BCUT2D eigenvalue weighted by molar-refractivity contribution is 7.91. The van der Waals surface area contributed by atoms with E-state index in [9.17, 15) is 18.3 Å². The van der Waals surface area contributed by atoms with E-state index in [-0.39, 0.29) is 59.3 Å². The molecule has 3 aromatic rings. The SMILES string of the molecule is CC.CC#CCC(C)C(O)/C=C/C1CCC2Oc3c(CCCC(=O)OCCCOc4no[n+](OC)c4S(=O)(=O)c4ccccc4)cccc3C12. The van der Waals surface area contributed by atoms with E-state index < -0.39 is 15.9 Å². The van der Waals surface area contributed by atoms with Gasteiger partial charge < -0.3 is 24.2 Å². The highest BCUT2D eigenvalue weighted by Gasteiger charge is 2.44. The maximum absolute atomic E-state index is 13.1. The van der Waals surface area contributed by atoms with E-state index in [0.29, 0.717) is 36.5 Å². The molecule has 1 aliphatic heterocycles. The summed E-state index contributed by atoms with van der Waals surface area (Å²) in [6.45, 7) is 7.96. The number of para-hydroxylation sites is 1. The fourth-order valence-electron chi connectivity index (χ4n) is 6.23. The molecule has 11 nitrogen and oxygen atoms in total. The number of aliphatic hydroxyl groups excluding tert-OH is 1. The molecule has 2 heterocycles. The van der Waals surface area contributed by atoms with Crippen LogP contribution in [0, 0.1) is 23.7 Å². The zero-order valence-corrected chi connectivity index (χ0v) is 30.4. The van der Waals surface area contributed by atoms with E-state index >= 15 is 0 Å². The van der Waals surface area contributed by atoms with Gasteiger partial charge in [0.15, 0.2) is 4.90 Å². The van der Waals surface area contributed by atoms with Crippen molar-refractivity contribution in [3.63, 3.8) is 0 Å². The van der Waals surface area contributed by atoms with Crippen molar-refractivity contribution in [1.82, 2.24) is 5.16 Å². The number of aryl methyl sites for hydroxylation is 1. The lowest BCUT2D eigenvalue weighted by molar-refractivity contribution is -1.04. The topological polar surface area (TPSA) is 138 Å². The van der Waals surface area contributed by atoms with E-state index in [1.165, 1.54) is 24.8 Å². The average Bonchev–Trinajstić information content (AvgIpc) is 3.85. The predicted molar refractivity (Wildman–Crippen MR) is 185 cm³/mol. The molecule has 5 unspecified atom stereocenters. The van der Waals surface area contributed by atoms with Crippen molar-refractivity contribution in [3.8, 4) is 23.5 Å². The van der Waals surface area contributed by atoms with E-state index in [1.54, 1.807) is 18.2 Å². The number of aromatic nitrogens is 2. The van der Waals surface area contributed by atoms with Crippen LogP contribution in [0.5, 0.6) is 11.6 Å². The number of esters is 1. The second-order valence-corrected chi connectivity index (χ2v) is 13.9. The maximum Gasteiger partial charge on any atom is 0.445 e. The molecule has 270 valence electrons. The zero-order chi connectivity index (χ0) is 36.1. The molecule has 2 aromatic carbocycles. The smallest absolute Gasteiger partial charge is 0.445 e. The first-order chi connectivity index (χ1) is 24.2. The Morgan fingerprint density at radius 1 is 1.12 bits per heavy atom. The van der Waals surface area contributed by atoms with Gasteiger partial charge in [-0.05, 0) is 66.8 Å². The Balaban J connectivity index is 0.00000276. The van der Waals surface area contributed by atoms with Gasteiger partial charge in [0.2, 0.25) is 5.16 Å². The Labute approximate surface area is 295 Å². The number of ether oxygens (including phenoxy) is 3. The van der Waals surface area contributed by atoms with Crippen LogP contribution in [0.4, 0.5) is 0 Å². The number of hydrogen-bond acceptors (Lipinski definition) is 10. The van der Waals surface area contributed by atoms with Crippen molar-refractivity contribution >= 4 is 15.8 Å². The summed E-state index contributed by atoms with van der Waals surface area (Å²) >= 11 is 0. The highest BCUT2D eigenvalue weighted by Crippen LogP contribution is 2.52. The van der Waals surface area contributed by atoms with E-state index in [1.807, 2.05) is 33.8 Å². The number of rotatable bonds is 16. The third-order valence-corrected chi connectivity index (χ3v) is 10.5. The molecule has 5 rings (SSSR count). The van der Waals surface area contributed by atoms with Crippen molar-refractivity contribution in [3.05, 3.63) is 71.8 Å². The minimum absolute atomic E-state index is 0.0318. The molecule has 0 amide bonds. The Bertz CT molecular complexity index is 1740. The summed E-state index contributed by atoms with van der Waals surface area (Å²) in [5.41, 5.74) is 2.29. The fourth-order valence-corrected chi connectivity index (χ4v) is 7.59. The fraction of sp³-hybridized carbons (Fsp3) is 0.500. The molecule has 0 saturated heterocycles. The second-order valence-electron chi connectivity index (χ2n) is 12.1. The third-order valence-electron chi connectivity index (χ3n) is 8.78. The summed E-state index contributed by atoms with van der Waals surface area (Å²) in [5.74, 6) is 6.93. The van der Waals surface area contributed by atoms with Gasteiger partial charge in [0.25, 0.3) is 9.84 Å². The lowest BCUT2D eigenvalue weighted by Gasteiger charge is -2.17. The number of carbonyl (C=O) groups is 1. The Hall–Kier alpha value is -4.34. The Morgan fingerprint density at radius 3 is 2.64 bits per heavy atom. The molecule has 0 spiro atoms. The van der Waals surface area contributed by atoms with Gasteiger partial charge in [-0.15, -0.1) is 11.8 Å². The molecule has 5 atom stereocenters. The van der Waals surface area contributed by atoms with Crippen LogP contribution in [-0.2, 0) is 25.8 Å². The largest absolute Gasteiger partial charge is 0.489 e. The second kappa shape index (κ2) is 18.6. The van der Waals surface area contributed by atoms with Gasteiger partial charge in [-0.1, -0.05) is 69.3 Å². The molecule has 1 fully saturated rings. The molecule has 0 radical (unpaired) electrons. The van der Waals surface area contributed by atoms with Crippen molar-refractivity contribution < 1.29 is 46.9 Å². The number of hydrogen-bond donors (Lipinski definition) is 1. The normalized spacial score (nSPS) is 18.8. The standard InChI is InChI=1S/C36H43N2O9S.C2H6/c1-4-5-12-25(2)30(39)21-19-26-20-22-31-33(26)29-17-9-13-27(34(29)46-31)14-10-18-32(40)44-23-11-24-45-35-36(38(43-3)47-37-35)48(41,42)28-15-7-6-8-16-28;1-2/h6-9,13,15-17,19,21,25-26,30-31,33,39H,10-12,14,18,20,22-24H2,1-3H3;1-2H3/q+1;/b21-19+;. The highest BCUT2D eigenvalue weighted by atomic mass is 32.2. The van der Waals surface area contributed by atoms with Crippen molar-refractivity contribution in [1.29, 1.82) is 0 Å². The van der Waals surface area contributed by atoms with Gasteiger partial charge in [-0.2, -0.15) is 0 Å². The summed E-state index contributed by atoms with van der Waals surface area (Å²) in [5, 5.41) is 13.9. The molecule has 2 aliphatic rings. The van der Waals surface area contributed by atoms with Gasteiger partial charge >= 0.3 is 16.9 Å². The number of nitrogens with zero attached hydrogens (tertiary/aromatic N) is 2. The first kappa shape index (κ1) is 38.5. The molecule has 1 saturated carbocycles. The van der Waals surface area contributed by atoms with Crippen LogP contribution in [0.15, 0.2) is 75.2 Å². The molecular weight excluding hydrogens is 660 g/mol. The van der Waals surface area contributed by atoms with Crippen LogP contribution >= 0.6 is 0 Å². The predicted octanol–water partition coefficient (Wildman–Crippen LogP) is 5.44. The van der Waals surface area contributed by atoms with Crippen molar-refractivity contribution in [2.45, 2.75) is 101 Å². The van der Waals surface area contributed by atoms with Crippen LogP contribution in [0.1, 0.15) is 83.3 Å². The van der Waals surface area contributed by atoms with Crippen molar-refractivity contribution in [2.24, 2.45) is 11.8 Å². The van der Waals surface area contributed by atoms with Gasteiger partial charge in [0.1, 0.15) is 19.0 Å². The van der Waals surface area contributed by atoms with Crippen LogP contribution < -0.4 is 19.2 Å².